The fourth-order valence-corrected chi connectivity index (χ4v) is 1.74. The molecule has 1 fully saturated rings. The average molecular weight is 251 g/mol. The molecule has 3 atom stereocenters. The lowest BCUT2D eigenvalue weighted by Crippen LogP contribution is -2.32. The van der Waals surface area contributed by atoms with E-state index in [1.807, 2.05) is 0 Å². The highest BCUT2D eigenvalue weighted by atomic mass is 16.5. The Balaban J connectivity index is 2.08. The molecule has 1 saturated carbocycles. The van der Waals surface area contributed by atoms with Crippen molar-refractivity contribution in [3.63, 3.8) is 0 Å². The molecule has 2 rings (SSSR count). The van der Waals surface area contributed by atoms with Gasteiger partial charge in [-0.15, -0.1) is 0 Å². The van der Waals surface area contributed by atoms with Crippen LogP contribution < -0.4 is 10.5 Å². The highest BCUT2D eigenvalue weighted by Gasteiger charge is 2.35. The Bertz CT molecular complexity index is 460. The molecule has 0 amide bonds. The lowest BCUT2D eigenvalue weighted by atomic mass is 10.1. The van der Waals surface area contributed by atoms with Crippen molar-refractivity contribution < 1.29 is 19.7 Å². The molecule has 0 bridgehead atoms. The van der Waals surface area contributed by atoms with Crippen LogP contribution in [0.3, 0.4) is 0 Å². The summed E-state index contributed by atoms with van der Waals surface area (Å²) >= 11 is 0. The molecule has 18 heavy (non-hydrogen) atoms. The second-order valence-electron chi connectivity index (χ2n) is 4.82. The molecule has 5 heteroatoms. The first-order valence-corrected chi connectivity index (χ1v) is 5.94. The van der Waals surface area contributed by atoms with Gasteiger partial charge in [0.15, 0.2) is 11.5 Å². The monoisotopic (exact) mass is 251 g/mol. The first kappa shape index (κ1) is 12.7. The number of benzene rings is 1. The third-order valence-electron chi connectivity index (χ3n) is 3.11. The van der Waals surface area contributed by atoms with Crippen molar-refractivity contribution in [3.05, 3.63) is 23.8 Å². The van der Waals surface area contributed by atoms with Crippen molar-refractivity contribution >= 4 is 5.97 Å². The van der Waals surface area contributed by atoms with E-state index < -0.39 is 12.0 Å². The number of nitrogens with two attached hydrogens (primary N) is 1. The SMILES string of the molecule is CC1C[C@H]1Oc1cc(CC(N)C(=O)O)ccc1O. The third kappa shape index (κ3) is 2.92. The molecule has 0 saturated heterocycles. The Hall–Kier alpha value is -1.75. The normalized spacial score (nSPS) is 23.4. The number of carbonyl (C=O) groups is 1. The van der Waals surface area contributed by atoms with Crippen molar-refractivity contribution in [2.24, 2.45) is 11.7 Å². The highest BCUT2D eigenvalue weighted by molar-refractivity contribution is 5.73. The van der Waals surface area contributed by atoms with Crippen molar-refractivity contribution in [2.45, 2.75) is 31.9 Å². The van der Waals surface area contributed by atoms with Gasteiger partial charge < -0.3 is 20.7 Å². The number of carboxylic acid groups (broad SMARTS) is 1. The van der Waals surface area contributed by atoms with Gasteiger partial charge in [0.05, 0.1) is 0 Å². The fourth-order valence-electron chi connectivity index (χ4n) is 1.74. The number of phenols is 1. The topological polar surface area (TPSA) is 92.8 Å². The molecule has 0 heterocycles. The van der Waals surface area contributed by atoms with Crippen molar-refractivity contribution in [1.29, 1.82) is 0 Å². The molecule has 4 N–H and O–H groups in total. The maximum absolute atomic E-state index is 10.7. The Kier molecular flexibility index (Phi) is 3.43. The maximum atomic E-state index is 10.7. The molecular formula is C13H17NO4. The fraction of sp³-hybridized carbons (Fsp3) is 0.462. The molecule has 1 aromatic carbocycles. The smallest absolute Gasteiger partial charge is 0.320 e. The summed E-state index contributed by atoms with van der Waals surface area (Å²) in [5.41, 5.74) is 6.21. The molecule has 1 aliphatic carbocycles. The van der Waals surface area contributed by atoms with Crippen LogP contribution in [-0.2, 0) is 11.2 Å². The van der Waals surface area contributed by atoms with Crippen LogP contribution in [0, 0.1) is 5.92 Å². The zero-order valence-electron chi connectivity index (χ0n) is 10.2. The predicted molar refractivity (Wildman–Crippen MR) is 65.6 cm³/mol. The number of hydrogen-bond acceptors (Lipinski definition) is 4. The molecular weight excluding hydrogens is 234 g/mol. The van der Waals surface area contributed by atoms with Crippen LogP contribution >= 0.6 is 0 Å². The first-order chi connectivity index (χ1) is 8.47. The van der Waals surface area contributed by atoms with Crippen LogP contribution in [0.1, 0.15) is 18.9 Å². The molecule has 0 aliphatic heterocycles. The number of phenolic OH excluding ortho intramolecular Hbond substituents is 1. The van der Waals surface area contributed by atoms with Gasteiger partial charge in [0, 0.05) is 0 Å². The summed E-state index contributed by atoms with van der Waals surface area (Å²) in [5, 5.41) is 18.4. The van der Waals surface area contributed by atoms with E-state index in [0.29, 0.717) is 11.7 Å². The van der Waals surface area contributed by atoms with Gasteiger partial charge in [0.25, 0.3) is 0 Å². The first-order valence-electron chi connectivity index (χ1n) is 5.94. The minimum absolute atomic E-state index is 0.0711. The number of rotatable bonds is 5. The van der Waals surface area contributed by atoms with E-state index in [1.165, 1.54) is 6.07 Å². The van der Waals surface area contributed by atoms with Gasteiger partial charge in [-0.3, -0.25) is 4.79 Å². The van der Waals surface area contributed by atoms with E-state index in [1.54, 1.807) is 12.1 Å². The predicted octanol–water partition coefficient (Wildman–Crippen LogP) is 1.13. The average Bonchev–Trinajstić information content (AvgIpc) is 2.99. The molecule has 98 valence electrons. The van der Waals surface area contributed by atoms with Crippen molar-refractivity contribution in [1.82, 2.24) is 0 Å². The number of hydrogen-bond donors (Lipinski definition) is 3. The molecule has 2 unspecified atom stereocenters. The van der Waals surface area contributed by atoms with E-state index in [4.69, 9.17) is 15.6 Å². The Morgan fingerprint density at radius 2 is 2.28 bits per heavy atom. The van der Waals surface area contributed by atoms with Gasteiger partial charge >= 0.3 is 5.97 Å². The zero-order chi connectivity index (χ0) is 13.3. The van der Waals surface area contributed by atoms with Gasteiger partial charge in [-0.05, 0) is 36.5 Å². The molecule has 0 aromatic heterocycles. The van der Waals surface area contributed by atoms with E-state index in [2.05, 4.69) is 6.92 Å². The molecule has 0 spiro atoms. The number of ether oxygens (including phenoxy) is 1. The van der Waals surface area contributed by atoms with E-state index in [-0.39, 0.29) is 18.3 Å². The lowest BCUT2D eigenvalue weighted by molar-refractivity contribution is -0.138. The van der Waals surface area contributed by atoms with Gasteiger partial charge in [-0.1, -0.05) is 13.0 Å². The molecule has 1 aromatic rings. The molecule has 1 aliphatic rings. The van der Waals surface area contributed by atoms with Crippen LogP contribution in [0.2, 0.25) is 0 Å². The van der Waals surface area contributed by atoms with E-state index in [9.17, 15) is 9.90 Å². The summed E-state index contributed by atoms with van der Waals surface area (Å²) in [6, 6.07) is 3.87. The largest absolute Gasteiger partial charge is 0.504 e. The van der Waals surface area contributed by atoms with Gasteiger partial charge in [-0.2, -0.15) is 0 Å². The summed E-state index contributed by atoms with van der Waals surface area (Å²) in [7, 11) is 0. The summed E-state index contributed by atoms with van der Waals surface area (Å²) in [6.07, 6.45) is 1.35. The Labute approximate surface area is 105 Å². The minimum atomic E-state index is -1.04. The number of aromatic hydroxyl groups is 1. The molecule has 5 nitrogen and oxygen atoms in total. The Morgan fingerprint density at radius 3 is 2.83 bits per heavy atom. The second-order valence-corrected chi connectivity index (χ2v) is 4.82. The van der Waals surface area contributed by atoms with Crippen molar-refractivity contribution in [3.8, 4) is 11.5 Å². The number of carboxylic acids is 1. The van der Waals surface area contributed by atoms with Gasteiger partial charge in [-0.25, -0.2) is 0 Å². The van der Waals surface area contributed by atoms with Gasteiger partial charge in [0.2, 0.25) is 0 Å². The number of aliphatic carboxylic acids is 1. The lowest BCUT2D eigenvalue weighted by Gasteiger charge is -2.11. The van der Waals surface area contributed by atoms with Crippen LogP contribution in [0.4, 0.5) is 0 Å². The van der Waals surface area contributed by atoms with Crippen molar-refractivity contribution in [2.75, 3.05) is 0 Å². The summed E-state index contributed by atoms with van der Waals surface area (Å²) in [4.78, 5) is 10.7. The quantitative estimate of drug-likeness (QED) is 0.729. The van der Waals surface area contributed by atoms with Gasteiger partial charge in [0.1, 0.15) is 12.1 Å². The summed E-state index contributed by atoms with van der Waals surface area (Å²) in [6.45, 7) is 2.08. The summed E-state index contributed by atoms with van der Waals surface area (Å²) in [5.74, 6) is -0.0584. The maximum Gasteiger partial charge on any atom is 0.320 e. The van der Waals surface area contributed by atoms with Crippen LogP contribution in [0.15, 0.2) is 18.2 Å². The third-order valence-corrected chi connectivity index (χ3v) is 3.11. The van der Waals surface area contributed by atoms with Crippen LogP contribution in [0.5, 0.6) is 11.5 Å². The minimum Gasteiger partial charge on any atom is -0.504 e. The molecule has 0 radical (unpaired) electrons. The van der Waals surface area contributed by atoms with E-state index in [0.717, 1.165) is 12.0 Å². The van der Waals surface area contributed by atoms with E-state index >= 15 is 0 Å². The standard InChI is InChI=1S/C13H17NO4/c1-7-4-11(7)18-12-6-8(2-3-10(12)15)5-9(14)13(16)17/h2-3,6-7,9,11,15H,4-5,14H2,1H3,(H,16,17)/t7?,9?,11-/m1/s1. The van der Waals surface area contributed by atoms with Crippen LogP contribution in [0.25, 0.3) is 0 Å². The zero-order valence-corrected chi connectivity index (χ0v) is 10.2. The highest BCUT2D eigenvalue weighted by Crippen LogP contribution is 2.37. The van der Waals surface area contributed by atoms with Crippen LogP contribution in [-0.4, -0.2) is 28.3 Å². The Morgan fingerprint density at radius 1 is 1.61 bits per heavy atom. The second kappa shape index (κ2) is 4.86. The summed E-state index contributed by atoms with van der Waals surface area (Å²) < 4.78 is 5.61.